The number of benzene rings is 1. The Morgan fingerprint density at radius 2 is 1.48 bits per heavy atom. The van der Waals surface area contributed by atoms with E-state index in [-0.39, 0.29) is 29.7 Å². The number of fused-ring (bicyclic) bond motifs is 1. The number of methoxy groups -OCH3 is 1. The molecule has 0 bridgehead atoms. The molecule has 3 unspecified atom stereocenters. The van der Waals surface area contributed by atoms with Crippen LogP contribution in [-0.4, -0.2) is 91.2 Å². The summed E-state index contributed by atoms with van der Waals surface area (Å²) >= 11 is 0. The van der Waals surface area contributed by atoms with Gasteiger partial charge in [-0.05, 0) is 31.0 Å². The van der Waals surface area contributed by atoms with Gasteiger partial charge in [0.25, 0.3) is 0 Å². The maximum atomic E-state index is 14.2. The Bertz CT molecular complexity index is 1290. The quantitative estimate of drug-likeness (QED) is 0.0724. The number of hydrogen-bond donors (Lipinski definition) is 1. The Morgan fingerprint density at radius 3 is 2.02 bits per heavy atom. The third-order valence-corrected chi connectivity index (χ3v) is 17.8. The molecule has 10 nitrogen and oxygen atoms in total. The zero-order valence-corrected chi connectivity index (χ0v) is 36.8. The van der Waals surface area contributed by atoms with Crippen LogP contribution in [-0.2, 0) is 42.7 Å². The van der Waals surface area contributed by atoms with Gasteiger partial charge in [0.05, 0.1) is 37.2 Å². The SMILES string of the molecule is CCCCCCCCCCCCCCCCOC[C@H](CCS(=O)(=O)[C@@H]1OC2COC(c3ccccc3)O[C@@H]2[C@H](O[Si](C)(C)C(C)(C)C)C1NC(C)=O)OC. The molecule has 2 heterocycles. The highest BCUT2D eigenvalue weighted by Crippen LogP contribution is 2.42. The van der Waals surface area contributed by atoms with E-state index < -0.39 is 60.3 Å². The van der Waals surface area contributed by atoms with Gasteiger partial charge in [0.15, 0.2) is 29.9 Å². The van der Waals surface area contributed by atoms with Gasteiger partial charge in [-0.25, -0.2) is 8.42 Å². The van der Waals surface area contributed by atoms with Crippen LogP contribution in [0.3, 0.4) is 0 Å². The molecule has 0 spiro atoms. The summed E-state index contributed by atoms with van der Waals surface area (Å²) in [5, 5.41) is 2.73. The second-order valence-electron chi connectivity index (χ2n) is 17.0. The molecule has 2 aliphatic rings. The van der Waals surface area contributed by atoms with E-state index in [1.165, 1.54) is 84.0 Å². The molecule has 54 heavy (non-hydrogen) atoms. The summed E-state index contributed by atoms with van der Waals surface area (Å²) in [6.07, 6.45) is 15.2. The highest BCUT2D eigenvalue weighted by atomic mass is 32.2. The van der Waals surface area contributed by atoms with Gasteiger partial charge in [0, 0.05) is 26.2 Å². The summed E-state index contributed by atoms with van der Waals surface area (Å²) in [5.41, 5.74) is -0.517. The van der Waals surface area contributed by atoms with Crippen LogP contribution in [0.5, 0.6) is 0 Å². The van der Waals surface area contributed by atoms with Gasteiger partial charge in [-0.1, -0.05) is 141 Å². The average Bonchev–Trinajstić information content (AvgIpc) is 3.12. The van der Waals surface area contributed by atoms with Crippen LogP contribution in [0.4, 0.5) is 0 Å². The maximum Gasteiger partial charge on any atom is 0.217 e. The molecule has 0 aliphatic carbocycles. The number of sulfone groups is 1. The molecule has 1 aromatic rings. The minimum absolute atomic E-state index is 0.119. The second-order valence-corrected chi connectivity index (χ2v) is 23.9. The van der Waals surface area contributed by atoms with Gasteiger partial charge < -0.3 is 33.4 Å². The standard InChI is InChI=1S/C42H75NO9SSi/c1-9-10-11-12-13-14-15-16-17-18-19-20-21-25-29-48-31-35(47-6)28-30-53(45,46)41-37(43-33(2)44)39(52-54(7,8)42(3,4)5)38-36(50-41)32-49-40(51-38)34-26-23-22-24-27-34/h22-24,26-27,35-41H,9-21,25,28-32H2,1-8H3,(H,43,44)/t35-,36?,37?,38-,39+,40?,41-/m0/s1. The summed E-state index contributed by atoms with van der Waals surface area (Å²) in [6.45, 7) is 15.3. The lowest BCUT2D eigenvalue weighted by molar-refractivity contribution is -0.305. The van der Waals surface area contributed by atoms with Crippen LogP contribution in [0.2, 0.25) is 18.1 Å². The minimum Gasteiger partial charge on any atom is -0.409 e. The van der Waals surface area contributed by atoms with E-state index in [1.54, 1.807) is 7.11 Å². The van der Waals surface area contributed by atoms with Gasteiger partial charge in [-0.2, -0.15) is 0 Å². The lowest BCUT2D eigenvalue weighted by Crippen LogP contribution is -2.70. The fourth-order valence-corrected chi connectivity index (χ4v) is 10.1. The summed E-state index contributed by atoms with van der Waals surface area (Å²) < 4.78 is 65.9. The van der Waals surface area contributed by atoms with Crippen LogP contribution in [0, 0.1) is 0 Å². The molecule has 7 atom stereocenters. The summed E-state index contributed by atoms with van der Waals surface area (Å²) in [5.74, 6) is -0.572. The van der Waals surface area contributed by atoms with Gasteiger partial charge in [-0.15, -0.1) is 0 Å². The van der Waals surface area contributed by atoms with E-state index in [1.807, 2.05) is 30.3 Å². The zero-order chi connectivity index (χ0) is 39.6. The number of carbonyl (C=O) groups excluding carboxylic acids is 1. The smallest absolute Gasteiger partial charge is 0.217 e. The van der Waals surface area contributed by atoms with Gasteiger partial charge in [0.1, 0.15) is 12.2 Å². The molecular weight excluding hydrogens is 723 g/mol. The summed E-state index contributed by atoms with van der Waals surface area (Å²) in [6, 6.07) is 8.61. The van der Waals surface area contributed by atoms with E-state index in [2.05, 4.69) is 46.1 Å². The van der Waals surface area contributed by atoms with Crippen molar-refractivity contribution in [2.75, 3.05) is 32.7 Å². The average molecular weight is 798 g/mol. The Balaban J connectivity index is 1.53. The van der Waals surface area contributed by atoms with Gasteiger partial charge in [-0.3, -0.25) is 4.79 Å². The predicted octanol–water partition coefficient (Wildman–Crippen LogP) is 9.04. The molecule has 3 rings (SSSR count). The summed E-state index contributed by atoms with van der Waals surface area (Å²) in [7, 11) is -4.85. The molecule has 0 radical (unpaired) electrons. The van der Waals surface area contributed by atoms with E-state index in [0.29, 0.717) is 13.2 Å². The van der Waals surface area contributed by atoms with Crippen molar-refractivity contribution in [1.29, 1.82) is 0 Å². The second kappa shape index (κ2) is 23.8. The Kier molecular flexibility index (Phi) is 20.7. The number of nitrogens with one attached hydrogen (secondary N) is 1. The monoisotopic (exact) mass is 797 g/mol. The zero-order valence-electron chi connectivity index (χ0n) is 34.9. The minimum atomic E-state index is -3.93. The fourth-order valence-electron chi connectivity index (χ4n) is 7.00. The van der Waals surface area contributed by atoms with E-state index in [0.717, 1.165) is 18.4 Å². The van der Waals surface area contributed by atoms with Crippen molar-refractivity contribution in [2.45, 2.75) is 191 Å². The number of hydrogen-bond acceptors (Lipinski definition) is 9. The van der Waals surface area contributed by atoms with Crippen LogP contribution in [0.15, 0.2) is 30.3 Å². The first-order valence-corrected chi connectivity index (χ1v) is 25.6. The van der Waals surface area contributed by atoms with Crippen molar-refractivity contribution < 1.29 is 41.3 Å². The van der Waals surface area contributed by atoms with E-state index in [4.69, 9.17) is 28.1 Å². The molecule has 0 aromatic heterocycles. The van der Waals surface area contributed by atoms with Crippen LogP contribution < -0.4 is 5.32 Å². The number of ether oxygens (including phenoxy) is 5. The highest BCUT2D eigenvalue weighted by Gasteiger charge is 2.56. The van der Waals surface area contributed by atoms with Crippen molar-refractivity contribution in [2.24, 2.45) is 0 Å². The molecule has 312 valence electrons. The number of amides is 1. The third-order valence-electron chi connectivity index (χ3n) is 11.4. The summed E-state index contributed by atoms with van der Waals surface area (Å²) in [4.78, 5) is 12.7. The molecular formula is C42H75NO9SSi. The van der Waals surface area contributed by atoms with Crippen molar-refractivity contribution in [1.82, 2.24) is 5.32 Å². The largest absolute Gasteiger partial charge is 0.409 e. The normalized spacial score (nSPS) is 24.2. The number of carbonyl (C=O) groups is 1. The first-order valence-electron chi connectivity index (χ1n) is 20.9. The molecule has 1 aromatic carbocycles. The highest BCUT2D eigenvalue weighted by molar-refractivity contribution is 7.91. The first-order chi connectivity index (χ1) is 25.7. The van der Waals surface area contributed by atoms with Crippen LogP contribution >= 0.6 is 0 Å². The molecule has 2 aliphatic heterocycles. The van der Waals surface area contributed by atoms with Crippen LogP contribution in [0.1, 0.15) is 143 Å². The first kappa shape index (κ1) is 47.0. The van der Waals surface area contributed by atoms with Gasteiger partial charge >= 0.3 is 0 Å². The molecule has 2 fully saturated rings. The molecule has 1 amide bonds. The van der Waals surface area contributed by atoms with Crippen molar-refractivity contribution in [3.05, 3.63) is 35.9 Å². The molecule has 12 heteroatoms. The third kappa shape index (κ3) is 15.5. The topological polar surface area (TPSA) is 119 Å². The van der Waals surface area contributed by atoms with Crippen molar-refractivity contribution in [3.63, 3.8) is 0 Å². The Morgan fingerprint density at radius 1 is 0.907 bits per heavy atom. The maximum absolute atomic E-state index is 14.2. The molecule has 2 saturated heterocycles. The number of unbranched alkanes of at least 4 members (excludes halogenated alkanes) is 13. The number of rotatable bonds is 26. The Hall–Kier alpha value is -1.38. The van der Waals surface area contributed by atoms with E-state index >= 15 is 0 Å². The van der Waals surface area contributed by atoms with E-state index in [9.17, 15) is 13.2 Å². The van der Waals surface area contributed by atoms with Crippen LogP contribution in [0.25, 0.3) is 0 Å². The predicted molar refractivity (Wildman–Crippen MR) is 219 cm³/mol. The van der Waals surface area contributed by atoms with Crippen molar-refractivity contribution in [3.8, 4) is 0 Å². The fraction of sp³-hybridized carbons (Fsp3) is 0.833. The lowest BCUT2D eigenvalue weighted by atomic mass is 9.96. The Labute approximate surface area is 329 Å². The van der Waals surface area contributed by atoms with Gasteiger partial charge in [0.2, 0.25) is 5.91 Å². The molecule has 1 N–H and O–H groups in total. The lowest BCUT2D eigenvalue weighted by Gasteiger charge is -2.52. The molecule has 0 saturated carbocycles. The van der Waals surface area contributed by atoms with Crippen molar-refractivity contribution >= 4 is 24.1 Å².